The third-order valence-corrected chi connectivity index (χ3v) is 2.25. The minimum atomic E-state index is 0.713. The molecular formula is C10H14ClN. The van der Waals surface area contributed by atoms with E-state index in [1.807, 2.05) is 12.3 Å². The summed E-state index contributed by atoms with van der Waals surface area (Å²) >= 11 is 5.81. The van der Waals surface area contributed by atoms with Crippen molar-refractivity contribution in [3.05, 3.63) is 29.0 Å². The van der Waals surface area contributed by atoms with Crippen LogP contribution in [0.1, 0.15) is 25.8 Å². The third kappa shape index (κ3) is 2.82. The fourth-order valence-corrected chi connectivity index (χ4v) is 1.31. The second-order valence-corrected chi connectivity index (χ2v) is 3.67. The average molecular weight is 184 g/mol. The molecule has 0 aromatic carbocycles. The van der Waals surface area contributed by atoms with Crippen LogP contribution in [0.2, 0.25) is 5.02 Å². The molecule has 2 heteroatoms. The molecule has 1 nitrogen and oxygen atoms in total. The molecule has 0 saturated heterocycles. The van der Waals surface area contributed by atoms with E-state index in [-0.39, 0.29) is 0 Å². The Morgan fingerprint density at radius 1 is 1.50 bits per heavy atom. The maximum atomic E-state index is 5.81. The van der Waals surface area contributed by atoms with Gasteiger partial charge < -0.3 is 0 Å². The number of rotatable bonds is 3. The molecule has 12 heavy (non-hydrogen) atoms. The topological polar surface area (TPSA) is 12.9 Å². The molecule has 0 fully saturated rings. The molecule has 66 valence electrons. The van der Waals surface area contributed by atoms with Gasteiger partial charge in [-0.15, -0.1) is 0 Å². The lowest BCUT2D eigenvalue weighted by Crippen LogP contribution is -1.97. The molecule has 0 amide bonds. The number of nitrogens with zero attached hydrogens (tertiary/aromatic N) is 1. The zero-order chi connectivity index (χ0) is 8.97. The van der Waals surface area contributed by atoms with Gasteiger partial charge in [0.05, 0.1) is 5.02 Å². The molecule has 0 N–H and O–H groups in total. The Kier molecular flexibility index (Phi) is 3.54. The van der Waals surface area contributed by atoms with Gasteiger partial charge in [-0.05, 0) is 24.0 Å². The first-order valence-corrected chi connectivity index (χ1v) is 4.69. The van der Waals surface area contributed by atoms with Crippen LogP contribution in [0.15, 0.2) is 18.5 Å². The Labute approximate surface area is 78.8 Å². The van der Waals surface area contributed by atoms with Gasteiger partial charge in [-0.25, -0.2) is 0 Å². The lowest BCUT2D eigenvalue weighted by atomic mass is 10.0. The van der Waals surface area contributed by atoms with Crippen LogP contribution >= 0.6 is 11.6 Å². The molecule has 0 aliphatic rings. The zero-order valence-electron chi connectivity index (χ0n) is 7.55. The first-order chi connectivity index (χ1) is 5.72. The number of hydrogen-bond donors (Lipinski definition) is 0. The zero-order valence-corrected chi connectivity index (χ0v) is 8.30. The summed E-state index contributed by atoms with van der Waals surface area (Å²) in [4.78, 5) is 4.04. The van der Waals surface area contributed by atoms with Crippen LogP contribution in [0.4, 0.5) is 0 Å². The van der Waals surface area contributed by atoms with E-state index in [4.69, 9.17) is 11.6 Å². The van der Waals surface area contributed by atoms with E-state index >= 15 is 0 Å². The van der Waals surface area contributed by atoms with E-state index < -0.39 is 0 Å². The van der Waals surface area contributed by atoms with Gasteiger partial charge in [0.15, 0.2) is 0 Å². The van der Waals surface area contributed by atoms with Crippen LogP contribution in [-0.4, -0.2) is 4.98 Å². The van der Waals surface area contributed by atoms with Gasteiger partial charge in [-0.1, -0.05) is 31.9 Å². The fraction of sp³-hybridized carbons (Fsp3) is 0.500. The van der Waals surface area contributed by atoms with Crippen molar-refractivity contribution in [1.82, 2.24) is 4.98 Å². The van der Waals surface area contributed by atoms with Crippen molar-refractivity contribution < 1.29 is 0 Å². The molecule has 0 saturated carbocycles. The molecule has 0 aliphatic heterocycles. The molecule has 1 aromatic rings. The predicted octanol–water partition coefficient (Wildman–Crippen LogP) is 3.32. The molecule has 1 rings (SSSR count). The van der Waals surface area contributed by atoms with E-state index in [0.717, 1.165) is 11.4 Å². The predicted molar refractivity (Wildman–Crippen MR) is 52.4 cm³/mol. The number of hydrogen-bond acceptors (Lipinski definition) is 1. The van der Waals surface area contributed by atoms with Gasteiger partial charge >= 0.3 is 0 Å². The number of pyridine rings is 1. The van der Waals surface area contributed by atoms with E-state index in [9.17, 15) is 0 Å². The Bertz CT molecular complexity index is 247. The summed E-state index contributed by atoms with van der Waals surface area (Å²) in [6.07, 6.45) is 5.83. The summed E-state index contributed by atoms with van der Waals surface area (Å²) in [5, 5.41) is 0.732. The molecule has 1 aromatic heterocycles. The van der Waals surface area contributed by atoms with Crippen LogP contribution in [0.25, 0.3) is 0 Å². The van der Waals surface area contributed by atoms with Gasteiger partial charge in [0.2, 0.25) is 0 Å². The highest BCUT2D eigenvalue weighted by Gasteiger charge is 2.01. The van der Waals surface area contributed by atoms with E-state index in [0.29, 0.717) is 5.92 Å². The van der Waals surface area contributed by atoms with Crippen molar-refractivity contribution in [3.63, 3.8) is 0 Å². The summed E-state index contributed by atoms with van der Waals surface area (Å²) in [5.41, 5.74) is 1.23. The van der Waals surface area contributed by atoms with Crippen molar-refractivity contribution in [2.75, 3.05) is 0 Å². The minimum absolute atomic E-state index is 0.713. The third-order valence-electron chi connectivity index (χ3n) is 2.04. The van der Waals surface area contributed by atoms with Gasteiger partial charge in [-0.3, -0.25) is 4.98 Å². The molecule has 1 atom stereocenters. The fourth-order valence-electron chi connectivity index (χ4n) is 1.11. The highest BCUT2D eigenvalue weighted by Crippen LogP contribution is 2.14. The Balaban J connectivity index is 2.63. The molecule has 0 aliphatic carbocycles. The number of aromatic nitrogens is 1. The SMILES string of the molecule is CCC(C)Cc1cncc(Cl)c1. The van der Waals surface area contributed by atoms with Crippen molar-refractivity contribution in [2.24, 2.45) is 5.92 Å². The molecule has 1 heterocycles. The molecule has 0 spiro atoms. The quantitative estimate of drug-likeness (QED) is 0.701. The van der Waals surface area contributed by atoms with E-state index in [1.54, 1.807) is 6.20 Å². The second kappa shape index (κ2) is 4.46. The smallest absolute Gasteiger partial charge is 0.0592 e. The van der Waals surface area contributed by atoms with Gasteiger partial charge in [-0.2, -0.15) is 0 Å². The van der Waals surface area contributed by atoms with Crippen LogP contribution in [0, 0.1) is 5.92 Å². The van der Waals surface area contributed by atoms with Crippen molar-refractivity contribution in [1.29, 1.82) is 0 Å². The molecule has 0 bridgehead atoms. The summed E-state index contributed by atoms with van der Waals surface area (Å²) in [7, 11) is 0. The average Bonchev–Trinajstić information content (AvgIpc) is 2.04. The van der Waals surface area contributed by atoms with Gasteiger partial charge in [0.25, 0.3) is 0 Å². The summed E-state index contributed by atoms with van der Waals surface area (Å²) in [6, 6.07) is 1.99. The monoisotopic (exact) mass is 183 g/mol. The van der Waals surface area contributed by atoms with E-state index in [1.165, 1.54) is 12.0 Å². The lowest BCUT2D eigenvalue weighted by Gasteiger charge is -2.07. The summed E-state index contributed by atoms with van der Waals surface area (Å²) in [5.74, 6) is 0.713. The molecule has 0 radical (unpaired) electrons. The minimum Gasteiger partial charge on any atom is -0.263 e. The Morgan fingerprint density at radius 2 is 2.25 bits per heavy atom. The first kappa shape index (κ1) is 9.53. The molecular weight excluding hydrogens is 170 g/mol. The summed E-state index contributed by atoms with van der Waals surface area (Å²) < 4.78 is 0. The number of halogens is 1. The maximum Gasteiger partial charge on any atom is 0.0592 e. The largest absolute Gasteiger partial charge is 0.263 e. The van der Waals surface area contributed by atoms with Gasteiger partial charge in [0.1, 0.15) is 0 Å². The Morgan fingerprint density at radius 3 is 2.83 bits per heavy atom. The standard InChI is InChI=1S/C10H14ClN/c1-3-8(2)4-9-5-10(11)7-12-6-9/h5-8H,3-4H2,1-2H3. The van der Waals surface area contributed by atoms with Crippen LogP contribution in [0.5, 0.6) is 0 Å². The van der Waals surface area contributed by atoms with Crippen molar-refractivity contribution >= 4 is 11.6 Å². The second-order valence-electron chi connectivity index (χ2n) is 3.23. The van der Waals surface area contributed by atoms with Gasteiger partial charge in [0, 0.05) is 12.4 Å². The first-order valence-electron chi connectivity index (χ1n) is 4.31. The van der Waals surface area contributed by atoms with Crippen molar-refractivity contribution in [2.45, 2.75) is 26.7 Å². The van der Waals surface area contributed by atoms with Crippen LogP contribution in [0.3, 0.4) is 0 Å². The Hall–Kier alpha value is -0.560. The van der Waals surface area contributed by atoms with E-state index in [2.05, 4.69) is 18.8 Å². The molecule has 1 unspecified atom stereocenters. The maximum absolute atomic E-state index is 5.81. The normalized spacial score (nSPS) is 12.9. The lowest BCUT2D eigenvalue weighted by molar-refractivity contribution is 0.559. The summed E-state index contributed by atoms with van der Waals surface area (Å²) in [6.45, 7) is 4.43. The highest BCUT2D eigenvalue weighted by atomic mass is 35.5. The highest BCUT2D eigenvalue weighted by molar-refractivity contribution is 6.30. The van der Waals surface area contributed by atoms with Crippen molar-refractivity contribution in [3.8, 4) is 0 Å². The van der Waals surface area contributed by atoms with Crippen LogP contribution < -0.4 is 0 Å². The van der Waals surface area contributed by atoms with Crippen LogP contribution in [-0.2, 0) is 6.42 Å².